The Morgan fingerprint density at radius 1 is 0.769 bits per heavy atom. The maximum absolute atomic E-state index is 13.7. The van der Waals surface area contributed by atoms with Gasteiger partial charge in [0.1, 0.15) is 5.69 Å². The van der Waals surface area contributed by atoms with Crippen LogP contribution in [0.2, 0.25) is 0 Å². The highest BCUT2D eigenvalue weighted by Crippen LogP contribution is 2.34. The Morgan fingerprint density at radius 2 is 1.49 bits per heavy atom. The van der Waals surface area contributed by atoms with E-state index >= 15 is 0 Å². The molecule has 2 aromatic carbocycles. The number of hydrogen-bond acceptors (Lipinski definition) is 6. The second kappa shape index (κ2) is 10.7. The lowest BCUT2D eigenvalue weighted by Crippen LogP contribution is -2.26. The first kappa shape index (κ1) is 28.1. The van der Waals surface area contributed by atoms with E-state index in [9.17, 15) is 34.8 Å². The number of halogens is 6. The molecule has 0 atom stereocenters. The van der Waals surface area contributed by atoms with E-state index in [1.165, 1.54) is 42.6 Å². The number of benzene rings is 2. The molecule has 39 heavy (non-hydrogen) atoms. The van der Waals surface area contributed by atoms with Gasteiger partial charge in [-0.15, -0.1) is 0 Å². The largest absolute Gasteiger partial charge is 0.433 e. The molecule has 7 nitrogen and oxygen atoms in total. The molecule has 0 amide bonds. The second-order valence-electron chi connectivity index (χ2n) is 8.11. The minimum atomic E-state index is -4.88. The van der Waals surface area contributed by atoms with E-state index in [2.05, 4.69) is 19.7 Å². The Labute approximate surface area is 218 Å². The molecular weight excluding hydrogens is 550 g/mol. The predicted molar refractivity (Wildman–Crippen MR) is 128 cm³/mol. The van der Waals surface area contributed by atoms with Crippen LogP contribution >= 0.6 is 0 Å². The normalized spacial score (nSPS) is 12.5. The van der Waals surface area contributed by atoms with Crippen LogP contribution in [0.1, 0.15) is 11.3 Å². The molecular formula is C25H18F6N4O3S. The lowest BCUT2D eigenvalue weighted by molar-refractivity contribution is -0.141. The number of sulfonamides is 1. The maximum atomic E-state index is 13.7. The summed E-state index contributed by atoms with van der Waals surface area (Å²) in [5.41, 5.74) is -1.88. The number of nitrogens with zero attached hydrogens (tertiary/aromatic N) is 3. The molecule has 0 unspecified atom stereocenters. The van der Waals surface area contributed by atoms with Crippen LogP contribution in [0.5, 0.6) is 0 Å². The average Bonchev–Trinajstić information content (AvgIpc) is 2.91. The monoisotopic (exact) mass is 568 g/mol. The van der Waals surface area contributed by atoms with Gasteiger partial charge in [-0.2, -0.15) is 26.3 Å². The Morgan fingerprint density at radius 3 is 2.13 bits per heavy atom. The van der Waals surface area contributed by atoms with Crippen LogP contribution in [0.4, 0.5) is 26.3 Å². The van der Waals surface area contributed by atoms with Gasteiger partial charge in [-0.1, -0.05) is 24.3 Å². The summed E-state index contributed by atoms with van der Waals surface area (Å²) in [5, 5.41) is 8.89. The number of alkyl halides is 6. The molecule has 0 saturated carbocycles. The Bertz CT molecular complexity index is 1590. The number of aliphatic hydroxyl groups excluding tert-OH is 1. The molecule has 2 aromatic heterocycles. The third-order valence-electron chi connectivity index (χ3n) is 5.39. The quantitative estimate of drug-likeness (QED) is 0.298. The van der Waals surface area contributed by atoms with Gasteiger partial charge in [0.25, 0.3) is 0 Å². The number of hydrogen-bond donors (Lipinski definition) is 2. The van der Waals surface area contributed by atoms with Crippen LogP contribution in [0.15, 0.2) is 77.8 Å². The lowest BCUT2D eigenvalue weighted by Gasteiger charge is -2.12. The van der Waals surface area contributed by atoms with Crippen molar-refractivity contribution in [1.82, 2.24) is 19.7 Å². The summed E-state index contributed by atoms with van der Waals surface area (Å²) in [7, 11) is -3.94. The zero-order valence-electron chi connectivity index (χ0n) is 19.6. The molecule has 0 aliphatic heterocycles. The molecule has 0 spiro atoms. The standard InChI is InChI=1S/C25H18F6N4O3S/c26-24(27,28)18-6-4-15(5-7-18)21-14-22(25(29,30)31)35-23(34-21)17-8-9-32-20(13-17)16-2-1-3-19(12-16)39(37,38)33-10-11-36/h1-9,12-14,33,36H,10-11H2. The first-order chi connectivity index (χ1) is 18.3. The number of aliphatic hydroxyl groups is 1. The molecule has 0 bridgehead atoms. The average molecular weight is 568 g/mol. The molecule has 0 radical (unpaired) electrons. The first-order valence-electron chi connectivity index (χ1n) is 11.1. The number of rotatable bonds is 7. The summed E-state index contributed by atoms with van der Waals surface area (Å²) in [6.45, 7) is -0.609. The van der Waals surface area contributed by atoms with Gasteiger partial charge in [0.2, 0.25) is 10.0 Å². The zero-order valence-corrected chi connectivity index (χ0v) is 20.4. The van der Waals surface area contributed by atoms with Gasteiger partial charge in [0.05, 0.1) is 28.5 Å². The Balaban J connectivity index is 1.77. The van der Waals surface area contributed by atoms with Gasteiger partial charge >= 0.3 is 12.4 Å². The highest BCUT2D eigenvalue weighted by atomic mass is 32.2. The predicted octanol–water partition coefficient (Wildman–Crippen LogP) is 5.18. The SMILES string of the molecule is O=S(=O)(NCCO)c1cccc(-c2cc(-c3nc(-c4ccc(C(F)(F)F)cc4)cc(C(F)(F)F)n3)ccn2)c1. The Kier molecular flexibility index (Phi) is 7.73. The van der Waals surface area contributed by atoms with Gasteiger partial charge < -0.3 is 5.11 Å². The molecule has 0 fully saturated rings. The summed E-state index contributed by atoms with van der Waals surface area (Å²) >= 11 is 0. The molecule has 14 heteroatoms. The fourth-order valence-corrected chi connectivity index (χ4v) is 4.58. The molecule has 0 saturated heterocycles. The minimum absolute atomic E-state index is 0.0136. The minimum Gasteiger partial charge on any atom is -0.395 e. The van der Waals surface area contributed by atoms with Crippen molar-refractivity contribution < 1.29 is 39.9 Å². The van der Waals surface area contributed by atoms with Crippen LogP contribution in [-0.4, -0.2) is 41.6 Å². The van der Waals surface area contributed by atoms with Crippen molar-refractivity contribution in [2.45, 2.75) is 17.2 Å². The van der Waals surface area contributed by atoms with Gasteiger partial charge in [-0.3, -0.25) is 4.98 Å². The van der Waals surface area contributed by atoms with Gasteiger partial charge in [0, 0.05) is 29.4 Å². The van der Waals surface area contributed by atoms with E-state index in [1.807, 2.05) is 0 Å². The number of pyridine rings is 1. The molecule has 2 N–H and O–H groups in total. The number of aromatic nitrogens is 3. The van der Waals surface area contributed by atoms with E-state index in [4.69, 9.17) is 5.11 Å². The van der Waals surface area contributed by atoms with Crippen LogP contribution < -0.4 is 4.72 Å². The van der Waals surface area contributed by atoms with Crippen molar-refractivity contribution >= 4 is 10.0 Å². The fraction of sp³-hybridized carbons (Fsp3) is 0.160. The van der Waals surface area contributed by atoms with Crippen molar-refractivity contribution in [3.8, 4) is 33.9 Å². The van der Waals surface area contributed by atoms with E-state index in [1.54, 1.807) is 0 Å². The molecule has 204 valence electrons. The summed E-state index contributed by atoms with van der Waals surface area (Å²) in [6, 6.07) is 12.5. The topological polar surface area (TPSA) is 105 Å². The third kappa shape index (κ3) is 6.58. The summed E-state index contributed by atoms with van der Waals surface area (Å²) in [5.74, 6) is -0.364. The molecule has 4 aromatic rings. The van der Waals surface area contributed by atoms with E-state index < -0.39 is 40.2 Å². The van der Waals surface area contributed by atoms with Crippen LogP contribution in [0.3, 0.4) is 0 Å². The summed E-state index contributed by atoms with van der Waals surface area (Å²) in [4.78, 5) is 11.8. The second-order valence-corrected chi connectivity index (χ2v) is 9.88. The molecule has 0 aliphatic rings. The van der Waals surface area contributed by atoms with Crippen LogP contribution in [-0.2, 0) is 22.4 Å². The zero-order chi connectivity index (χ0) is 28.4. The Hall–Kier alpha value is -3.88. The van der Waals surface area contributed by atoms with Crippen LogP contribution in [0.25, 0.3) is 33.9 Å². The van der Waals surface area contributed by atoms with Crippen molar-refractivity contribution in [1.29, 1.82) is 0 Å². The van der Waals surface area contributed by atoms with Gasteiger partial charge in [-0.25, -0.2) is 23.1 Å². The van der Waals surface area contributed by atoms with Crippen molar-refractivity contribution in [2.75, 3.05) is 13.2 Å². The summed E-state index contributed by atoms with van der Waals surface area (Å²) < 4.78 is 107. The molecule has 4 rings (SSSR count). The van der Waals surface area contributed by atoms with Crippen LogP contribution in [0, 0.1) is 0 Å². The van der Waals surface area contributed by atoms with Crippen molar-refractivity contribution in [2.24, 2.45) is 0 Å². The lowest BCUT2D eigenvalue weighted by atomic mass is 10.1. The highest BCUT2D eigenvalue weighted by molar-refractivity contribution is 7.89. The van der Waals surface area contributed by atoms with Gasteiger partial charge in [-0.05, 0) is 42.5 Å². The number of nitrogens with one attached hydrogen (secondary N) is 1. The van der Waals surface area contributed by atoms with E-state index in [0.717, 1.165) is 24.3 Å². The fourth-order valence-electron chi connectivity index (χ4n) is 3.51. The summed E-state index contributed by atoms with van der Waals surface area (Å²) in [6.07, 6.45) is -8.22. The van der Waals surface area contributed by atoms with Crippen molar-refractivity contribution in [3.05, 3.63) is 84.2 Å². The third-order valence-corrected chi connectivity index (χ3v) is 6.85. The molecule has 2 heterocycles. The maximum Gasteiger partial charge on any atom is 0.433 e. The van der Waals surface area contributed by atoms with E-state index in [-0.39, 0.29) is 39.8 Å². The smallest absolute Gasteiger partial charge is 0.395 e. The molecule has 0 aliphatic carbocycles. The van der Waals surface area contributed by atoms with Crippen molar-refractivity contribution in [3.63, 3.8) is 0 Å². The van der Waals surface area contributed by atoms with Gasteiger partial charge in [0.15, 0.2) is 5.82 Å². The first-order valence-corrected chi connectivity index (χ1v) is 12.6. The highest BCUT2D eigenvalue weighted by Gasteiger charge is 2.34. The van der Waals surface area contributed by atoms with E-state index in [0.29, 0.717) is 11.6 Å².